The van der Waals surface area contributed by atoms with E-state index in [0.29, 0.717) is 16.7 Å². The minimum absolute atomic E-state index is 0.235. The molecule has 0 radical (unpaired) electrons. The molecule has 0 atom stereocenters. The molecule has 1 heterocycles. The molecule has 28 heavy (non-hydrogen) atoms. The average Bonchev–Trinajstić information content (AvgIpc) is 3.08. The van der Waals surface area contributed by atoms with Crippen LogP contribution >= 0.6 is 47.0 Å². The predicted octanol–water partition coefficient (Wildman–Crippen LogP) is 6.11. The van der Waals surface area contributed by atoms with Crippen molar-refractivity contribution in [3.05, 3.63) is 47.3 Å². The van der Waals surface area contributed by atoms with E-state index in [1.165, 1.54) is 36.9 Å². The molecule has 0 unspecified atom stereocenters. The van der Waals surface area contributed by atoms with Gasteiger partial charge in [0.25, 0.3) is 0 Å². The summed E-state index contributed by atoms with van der Waals surface area (Å²) >= 11 is 24.0. The van der Waals surface area contributed by atoms with Gasteiger partial charge in [0.15, 0.2) is 0 Å². The molecule has 1 aliphatic carbocycles. The van der Waals surface area contributed by atoms with Crippen LogP contribution in [0.25, 0.3) is 12.3 Å². The summed E-state index contributed by atoms with van der Waals surface area (Å²) < 4.78 is -1.71. The molecule has 1 saturated carbocycles. The third-order valence-electron chi connectivity index (χ3n) is 4.75. The van der Waals surface area contributed by atoms with Crippen LogP contribution < -0.4 is 5.32 Å². The number of rotatable bonds is 4. The van der Waals surface area contributed by atoms with Gasteiger partial charge in [-0.25, -0.2) is 0 Å². The van der Waals surface area contributed by atoms with Crippen molar-refractivity contribution >= 4 is 64.3 Å². The van der Waals surface area contributed by atoms with E-state index >= 15 is 0 Å². The summed E-state index contributed by atoms with van der Waals surface area (Å²) in [5.41, 5.74) is 1.67. The lowest BCUT2D eigenvalue weighted by Gasteiger charge is -2.22. The quantitative estimate of drug-likeness (QED) is 0.444. The summed E-state index contributed by atoms with van der Waals surface area (Å²) in [6, 6.07) is 10.2. The first kappa shape index (κ1) is 21.6. The van der Waals surface area contributed by atoms with Gasteiger partial charge in [0, 0.05) is 6.04 Å². The van der Waals surface area contributed by atoms with E-state index in [-0.39, 0.29) is 5.69 Å². The predicted molar refractivity (Wildman–Crippen MR) is 122 cm³/mol. The largest absolute Gasteiger partial charge is 0.372 e. The Labute approximate surface area is 186 Å². The second-order valence-corrected chi connectivity index (χ2v) is 9.65. The van der Waals surface area contributed by atoms with E-state index in [4.69, 9.17) is 47.0 Å². The first-order chi connectivity index (χ1) is 13.4. The van der Waals surface area contributed by atoms with E-state index in [1.807, 2.05) is 36.4 Å². The van der Waals surface area contributed by atoms with Gasteiger partial charge < -0.3 is 5.32 Å². The van der Waals surface area contributed by atoms with Crippen molar-refractivity contribution in [1.82, 2.24) is 20.3 Å². The van der Waals surface area contributed by atoms with Crippen molar-refractivity contribution < 1.29 is 0 Å². The van der Waals surface area contributed by atoms with Gasteiger partial charge in [-0.15, -0.1) is 10.2 Å². The second kappa shape index (κ2) is 10.1. The summed E-state index contributed by atoms with van der Waals surface area (Å²) in [4.78, 5) is 1.87. The maximum atomic E-state index is 6.13. The summed E-state index contributed by atoms with van der Waals surface area (Å²) in [5, 5.41) is 12.2. The van der Waals surface area contributed by atoms with Crippen LogP contribution in [0.5, 0.6) is 0 Å². The van der Waals surface area contributed by atoms with Crippen molar-refractivity contribution in [3.8, 4) is 0 Å². The fourth-order valence-electron chi connectivity index (χ4n) is 3.30. The fraction of sp³-hybridized carbons (Fsp3) is 0.450. The fourth-order valence-corrected chi connectivity index (χ4v) is 3.99. The summed E-state index contributed by atoms with van der Waals surface area (Å²) in [6.45, 7) is 0. The first-order valence-electron chi connectivity index (χ1n) is 9.51. The highest BCUT2D eigenvalue weighted by Gasteiger charge is 2.33. The number of nitrogens with one attached hydrogen (secondary N) is 1. The molecule has 0 amide bonds. The summed E-state index contributed by atoms with van der Waals surface area (Å²) in [5.74, 6) is 0. The first-order valence-corrected chi connectivity index (χ1v) is 11.1. The number of hydrogen-bond donors (Lipinski definition) is 1. The number of aromatic nitrogens is 3. The Morgan fingerprint density at radius 2 is 1.68 bits per heavy atom. The van der Waals surface area contributed by atoms with Gasteiger partial charge in [0.1, 0.15) is 16.4 Å². The van der Waals surface area contributed by atoms with Crippen molar-refractivity contribution in [1.29, 1.82) is 0 Å². The van der Waals surface area contributed by atoms with Gasteiger partial charge in [-0.2, -0.15) is 4.80 Å². The monoisotopic (exact) mass is 456 g/mol. The molecule has 8 heteroatoms. The Bertz CT molecular complexity index is 807. The average molecular weight is 458 g/mol. The molecule has 1 N–H and O–H groups in total. The highest BCUT2D eigenvalue weighted by atomic mass is 35.6. The Kier molecular flexibility index (Phi) is 7.75. The SMILES string of the molecule is S=C(NC1CCCCCCC1)c1nn(/C=C/c2ccccc2)nc1C(Cl)(Cl)Cl. The van der Waals surface area contributed by atoms with E-state index in [1.54, 1.807) is 6.20 Å². The van der Waals surface area contributed by atoms with E-state index < -0.39 is 3.79 Å². The zero-order valence-electron chi connectivity index (χ0n) is 15.5. The number of halogens is 3. The summed E-state index contributed by atoms with van der Waals surface area (Å²) in [7, 11) is 0. The smallest absolute Gasteiger partial charge is 0.236 e. The van der Waals surface area contributed by atoms with Crippen LogP contribution in [0.4, 0.5) is 0 Å². The molecule has 4 nitrogen and oxygen atoms in total. The number of nitrogens with zero attached hydrogens (tertiary/aromatic N) is 3. The van der Waals surface area contributed by atoms with Gasteiger partial charge >= 0.3 is 0 Å². The molecule has 0 spiro atoms. The van der Waals surface area contributed by atoms with E-state index in [2.05, 4.69) is 15.5 Å². The molecule has 0 bridgehead atoms. The van der Waals surface area contributed by atoms with Crippen LogP contribution in [0.15, 0.2) is 30.3 Å². The lowest BCUT2D eigenvalue weighted by molar-refractivity contribution is 0.430. The van der Waals surface area contributed by atoms with Crippen LogP contribution in [-0.2, 0) is 3.79 Å². The number of hydrogen-bond acceptors (Lipinski definition) is 3. The highest BCUT2D eigenvalue weighted by Crippen LogP contribution is 2.38. The van der Waals surface area contributed by atoms with E-state index in [9.17, 15) is 0 Å². The lowest BCUT2D eigenvalue weighted by Crippen LogP contribution is -2.35. The maximum Gasteiger partial charge on any atom is 0.236 e. The topological polar surface area (TPSA) is 42.7 Å². The Morgan fingerprint density at radius 1 is 1.04 bits per heavy atom. The Balaban J connectivity index is 1.79. The second-order valence-electron chi connectivity index (χ2n) is 6.96. The summed E-state index contributed by atoms with van der Waals surface area (Å²) in [6.07, 6.45) is 12.0. The van der Waals surface area contributed by atoms with Crippen LogP contribution in [0.3, 0.4) is 0 Å². The van der Waals surface area contributed by atoms with Crippen molar-refractivity contribution in [3.63, 3.8) is 0 Å². The number of benzene rings is 1. The molecular weight excluding hydrogens is 435 g/mol. The molecule has 1 aromatic heterocycles. The van der Waals surface area contributed by atoms with Crippen LogP contribution in [0.1, 0.15) is 61.9 Å². The minimum Gasteiger partial charge on any atom is -0.372 e. The maximum absolute atomic E-state index is 6.13. The highest BCUT2D eigenvalue weighted by molar-refractivity contribution is 7.80. The third kappa shape index (κ3) is 6.18. The normalized spacial score (nSPS) is 16.7. The number of thiocarbonyl (C=S) groups is 1. The van der Waals surface area contributed by atoms with Gasteiger partial charge in [0.2, 0.25) is 3.79 Å². The molecule has 1 aliphatic rings. The minimum atomic E-state index is -1.71. The van der Waals surface area contributed by atoms with Crippen LogP contribution in [-0.4, -0.2) is 26.0 Å². The molecule has 3 rings (SSSR count). The van der Waals surface area contributed by atoms with Gasteiger partial charge in [0.05, 0.1) is 6.20 Å². The molecular formula is C20H23Cl3N4S. The molecule has 1 aromatic carbocycles. The van der Waals surface area contributed by atoms with Crippen LogP contribution in [0.2, 0.25) is 0 Å². The molecule has 1 fully saturated rings. The molecule has 2 aromatic rings. The lowest BCUT2D eigenvalue weighted by atomic mass is 9.97. The third-order valence-corrected chi connectivity index (χ3v) is 5.60. The van der Waals surface area contributed by atoms with Gasteiger partial charge in [-0.3, -0.25) is 0 Å². The zero-order valence-corrected chi connectivity index (χ0v) is 18.5. The number of alkyl halides is 3. The van der Waals surface area contributed by atoms with Crippen molar-refractivity contribution in [2.75, 3.05) is 0 Å². The standard InChI is InChI=1S/C20H23Cl3N4S/c21-20(22,23)18-17(19(28)24-16-11-7-2-1-3-8-12-16)25-27(26-18)14-13-15-9-5-4-6-10-15/h4-6,9-10,13-14,16H,1-3,7-8,11-12H2,(H,24,28)/b14-13+. The van der Waals surface area contributed by atoms with Crippen molar-refractivity contribution in [2.24, 2.45) is 0 Å². The molecule has 0 aliphatic heterocycles. The molecule has 150 valence electrons. The van der Waals surface area contributed by atoms with Gasteiger partial charge in [-0.1, -0.05) is 109 Å². The molecule has 0 saturated heterocycles. The Morgan fingerprint density at radius 3 is 2.32 bits per heavy atom. The van der Waals surface area contributed by atoms with Gasteiger partial charge in [-0.05, 0) is 24.5 Å². The van der Waals surface area contributed by atoms with Crippen LogP contribution in [0, 0.1) is 0 Å². The van der Waals surface area contributed by atoms with Crippen molar-refractivity contribution in [2.45, 2.75) is 54.8 Å². The zero-order chi connectivity index (χ0) is 20.0. The van der Waals surface area contributed by atoms with E-state index in [0.717, 1.165) is 18.4 Å². The Hall–Kier alpha value is -1.14.